The van der Waals surface area contributed by atoms with E-state index in [1.54, 1.807) is 0 Å². The summed E-state index contributed by atoms with van der Waals surface area (Å²) in [5.74, 6) is 0.0712. The fourth-order valence-electron chi connectivity index (χ4n) is 0.612. The van der Waals surface area contributed by atoms with Gasteiger partial charge in [0.05, 0.1) is 0 Å². The monoisotopic (exact) mass is 285 g/mol. The van der Waals surface area contributed by atoms with E-state index in [-0.39, 0.29) is 4.68 Å². The molecule has 0 heterocycles. The third-order valence-corrected chi connectivity index (χ3v) is 3.24. The summed E-state index contributed by atoms with van der Waals surface area (Å²) in [6.45, 7) is 0. The fourth-order valence-corrected chi connectivity index (χ4v) is 2.02. The summed E-state index contributed by atoms with van der Waals surface area (Å²) in [5.41, 5.74) is 10.7. The Morgan fingerprint density at radius 1 is 1.36 bits per heavy atom. The molecule has 0 spiro atoms. The molecule has 0 aliphatic heterocycles. The van der Waals surface area contributed by atoms with Crippen molar-refractivity contribution in [2.75, 3.05) is 11.5 Å². The fraction of sp³-hybridized carbons (Fsp3) is 0.714. The van der Waals surface area contributed by atoms with Crippen molar-refractivity contribution < 1.29 is 14.7 Å². The van der Waals surface area contributed by atoms with Gasteiger partial charge < -0.3 is 0 Å². The van der Waals surface area contributed by atoms with Crippen molar-refractivity contribution >= 4 is 38.4 Å². The molecule has 0 amide bonds. The Bertz CT molecular complexity index is 193. The molecule has 81 valence electrons. The second-order valence-corrected chi connectivity index (χ2v) is 4.73. The van der Waals surface area contributed by atoms with Crippen molar-refractivity contribution in [1.82, 2.24) is 0 Å². The minimum absolute atomic E-state index is 0.181. The number of hydrogen-bond acceptors (Lipinski definition) is 5. The number of carbonyl (C=O) groups excluding carboxylic acids is 1. The van der Waals surface area contributed by atoms with Crippen LogP contribution in [0.3, 0.4) is 0 Å². The van der Waals surface area contributed by atoms with Crippen molar-refractivity contribution in [3.63, 3.8) is 0 Å². The predicted molar refractivity (Wildman–Crippen MR) is 56.3 cm³/mol. The van der Waals surface area contributed by atoms with E-state index in [1.807, 2.05) is 0 Å². The van der Waals surface area contributed by atoms with Crippen molar-refractivity contribution in [3.8, 4) is 0 Å². The van der Waals surface area contributed by atoms with Crippen LogP contribution in [0.25, 0.3) is 0 Å². The number of carbonyl (C=O) groups is 2. The van der Waals surface area contributed by atoms with E-state index in [1.165, 1.54) is 11.8 Å². The molecule has 0 bridgehead atoms. The zero-order valence-corrected chi connectivity index (χ0v) is 10.0. The number of nitrogens with two attached hydrogens (primary N) is 2. The number of hydrogen-bond donors (Lipinski definition) is 3. The predicted octanol–water partition coefficient (Wildman–Crippen LogP) is -1.46. The minimum atomic E-state index is -1.00. The third kappa shape index (κ3) is 6.39. The Morgan fingerprint density at radius 2 is 1.93 bits per heavy atom. The molecule has 5 N–H and O–H groups in total. The molecule has 0 rings (SSSR count). The van der Waals surface area contributed by atoms with Gasteiger partial charge in [-0.3, -0.25) is 0 Å². The van der Waals surface area contributed by atoms with E-state index in [0.717, 1.165) is 0 Å². The molecule has 0 aromatic rings. The summed E-state index contributed by atoms with van der Waals surface area (Å²) in [7, 11) is 0. The normalized spacial score (nSPS) is 14.7. The first-order valence-electron chi connectivity index (χ1n) is 3.97. The molecule has 5 nitrogen and oxygen atoms in total. The van der Waals surface area contributed by atoms with Crippen molar-refractivity contribution in [2.24, 2.45) is 11.5 Å². The van der Waals surface area contributed by atoms with E-state index >= 15 is 0 Å². The number of rotatable bonds is 7. The van der Waals surface area contributed by atoms with Crippen LogP contribution in [0.2, 0.25) is 0 Å². The standard InChI is InChI=1S/C7H13N2O3SSe/c8-4(6(10)11)1-2-13-3-5(9)7(12)14/h4-5H,1-3,8-9H2,(H,10,11)/t4-,5-/m0/s1. The van der Waals surface area contributed by atoms with E-state index < -0.39 is 18.1 Å². The van der Waals surface area contributed by atoms with Crippen molar-refractivity contribution in [2.45, 2.75) is 18.5 Å². The van der Waals surface area contributed by atoms with Gasteiger partial charge in [-0.05, 0) is 0 Å². The Labute approximate surface area is 94.8 Å². The molecule has 0 saturated carbocycles. The zero-order chi connectivity index (χ0) is 11.1. The van der Waals surface area contributed by atoms with Crippen molar-refractivity contribution in [1.29, 1.82) is 0 Å². The third-order valence-electron chi connectivity index (χ3n) is 1.49. The summed E-state index contributed by atoms with van der Waals surface area (Å²) < 4.78 is -0.181. The molecule has 0 fully saturated rings. The molecular weight excluding hydrogens is 271 g/mol. The van der Waals surface area contributed by atoms with Crippen LogP contribution >= 0.6 is 11.8 Å². The van der Waals surface area contributed by atoms with Crippen molar-refractivity contribution in [3.05, 3.63) is 0 Å². The molecule has 0 unspecified atom stereocenters. The molecule has 7 heteroatoms. The topological polar surface area (TPSA) is 106 Å². The van der Waals surface area contributed by atoms with Crippen LogP contribution in [0, 0.1) is 0 Å². The van der Waals surface area contributed by atoms with E-state index in [4.69, 9.17) is 16.6 Å². The molecule has 0 saturated heterocycles. The summed E-state index contributed by atoms with van der Waals surface area (Å²) in [5, 5.41) is 8.46. The summed E-state index contributed by atoms with van der Waals surface area (Å²) in [4.78, 5) is 21.0. The first-order valence-corrected chi connectivity index (χ1v) is 5.99. The van der Waals surface area contributed by atoms with Gasteiger partial charge in [-0.25, -0.2) is 0 Å². The Kier molecular flexibility index (Phi) is 7.21. The number of carboxylic acids is 1. The summed E-state index contributed by atoms with van der Waals surface area (Å²) in [6.07, 6.45) is 0.383. The van der Waals surface area contributed by atoms with Crippen LogP contribution in [-0.4, -0.2) is 55.4 Å². The molecule has 0 aliphatic carbocycles. The average Bonchev–Trinajstić information content (AvgIpc) is 2.11. The van der Waals surface area contributed by atoms with E-state index in [9.17, 15) is 9.59 Å². The molecule has 0 aliphatic rings. The second-order valence-electron chi connectivity index (χ2n) is 2.73. The summed E-state index contributed by atoms with van der Waals surface area (Å²) in [6, 6.07) is -1.34. The first kappa shape index (κ1) is 13.9. The van der Waals surface area contributed by atoms with Gasteiger partial charge in [0, 0.05) is 0 Å². The number of carboxylic acid groups (broad SMARTS) is 1. The number of thioether (sulfide) groups is 1. The molecule has 2 atom stereocenters. The van der Waals surface area contributed by atoms with Crippen LogP contribution < -0.4 is 11.5 Å². The van der Waals surface area contributed by atoms with Crippen LogP contribution in [0.15, 0.2) is 0 Å². The van der Waals surface area contributed by atoms with Crippen LogP contribution in [0.1, 0.15) is 6.42 Å². The SMILES string of the molecule is N[C@@H](CCSC[C@H](N)C(=O)[Se])C(=O)O. The Balaban J connectivity index is 3.47. The Hall–Kier alpha value is -0.0705. The second kappa shape index (κ2) is 7.25. The molecule has 1 radical (unpaired) electrons. The van der Waals surface area contributed by atoms with Crippen LogP contribution in [0.5, 0.6) is 0 Å². The van der Waals surface area contributed by atoms with Gasteiger partial charge in [0.1, 0.15) is 0 Å². The zero-order valence-electron chi connectivity index (χ0n) is 7.51. The van der Waals surface area contributed by atoms with Gasteiger partial charge in [-0.2, -0.15) is 0 Å². The van der Waals surface area contributed by atoms with E-state index in [2.05, 4.69) is 16.0 Å². The van der Waals surface area contributed by atoms with Gasteiger partial charge in [0.15, 0.2) is 0 Å². The molecular formula is C7H13N2O3SSe. The van der Waals surface area contributed by atoms with Gasteiger partial charge in [-0.15, -0.1) is 0 Å². The number of aliphatic carboxylic acids is 1. The maximum absolute atomic E-state index is 10.7. The molecule has 14 heavy (non-hydrogen) atoms. The molecule has 0 aromatic heterocycles. The van der Waals surface area contributed by atoms with E-state index in [0.29, 0.717) is 17.9 Å². The van der Waals surface area contributed by atoms with Crippen LogP contribution in [0.4, 0.5) is 0 Å². The quantitative estimate of drug-likeness (QED) is 0.390. The maximum atomic E-state index is 10.7. The van der Waals surface area contributed by atoms with Gasteiger partial charge in [-0.1, -0.05) is 0 Å². The summed E-state index contributed by atoms with van der Waals surface area (Å²) >= 11 is 3.74. The van der Waals surface area contributed by atoms with Gasteiger partial charge in [0.25, 0.3) is 0 Å². The van der Waals surface area contributed by atoms with Gasteiger partial charge >= 0.3 is 94.6 Å². The average molecular weight is 284 g/mol. The Morgan fingerprint density at radius 3 is 2.36 bits per heavy atom. The van der Waals surface area contributed by atoms with Crippen LogP contribution in [-0.2, 0) is 9.59 Å². The first-order chi connectivity index (χ1) is 6.45. The molecule has 0 aromatic carbocycles. The van der Waals surface area contributed by atoms with Gasteiger partial charge in [0.2, 0.25) is 0 Å².